The average Bonchev–Trinajstić information content (AvgIpc) is 3.19. The third kappa shape index (κ3) is 2.42. The van der Waals surface area contributed by atoms with Gasteiger partial charge in [-0.3, -0.25) is 4.68 Å². The summed E-state index contributed by atoms with van der Waals surface area (Å²) in [5.41, 5.74) is 2.98. The highest BCUT2D eigenvalue weighted by Gasteiger charge is 2.14. The van der Waals surface area contributed by atoms with Crippen LogP contribution in [0.5, 0.6) is 5.88 Å². The van der Waals surface area contributed by atoms with Gasteiger partial charge in [-0.15, -0.1) is 11.3 Å². The van der Waals surface area contributed by atoms with Crippen molar-refractivity contribution in [3.8, 4) is 11.6 Å². The van der Waals surface area contributed by atoms with Crippen LogP contribution in [0.15, 0.2) is 36.1 Å². The van der Waals surface area contributed by atoms with Crippen molar-refractivity contribution in [3.05, 3.63) is 41.0 Å². The number of rotatable bonds is 3. The van der Waals surface area contributed by atoms with E-state index >= 15 is 0 Å². The number of nitrogens with one attached hydrogen (secondary N) is 1. The molecule has 0 aliphatic carbocycles. The predicted octanol–water partition coefficient (Wildman–Crippen LogP) is 2.97. The van der Waals surface area contributed by atoms with Gasteiger partial charge in [0.2, 0.25) is 11.8 Å². The molecule has 0 saturated heterocycles. The first-order valence-corrected chi connectivity index (χ1v) is 7.87. The quantitative estimate of drug-likeness (QED) is 0.605. The van der Waals surface area contributed by atoms with Gasteiger partial charge in [0.15, 0.2) is 0 Å². The summed E-state index contributed by atoms with van der Waals surface area (Å²) < 4.78 is 3.52. The first kappa shape index (κ1) is 13.8. The van der Waals surface area contributed by atoms with Gasteiger partial charge in [0.25, 0.3) is 0 Å². The highest BCUT2D eigenvalue weighted by molar-refractivity contribution is 7.10. The van der Waals surface area contributed by atoms with Crippen molar-refractivity contribution in [2.45, 2.75) is 6.92 Å². The Balaban J connectivity index is 1.77. The fraction of sp³-hybridized carbons (Fsp3) is 0.133. The number of hydrogen-bond acceptors (Lipinski definition) is 6. The lowest BCUT2D eigenvalue weighted by atomic mass is 10.4. The van der Waals surface area contributed by atoms with Crippen LogP contribution in [0.2, 0.25) is 0 Å². The zero-order chi connectivity index (χ0) is 16.0. The molecule has 4 rings (SSSR count). The molecule has 0 radical (unpaired) electrons. The van der Waals surface area contributed by atoms with E-state index in [9.17, 15) is 5.11 Å². The van der Waals surface area contributed by atoms with Gasteiger partial charge in [0.05, 0.1) is 23.1 Å². The average molecular weight is 326 g/mol. The molecule has 2 N–H and O–H groups in total. The Morgan fingerprint density at radius 3 is 2.87 bits per heavy atom. The molecular weight excluding hydrogens is 312 g/mol. The van der Waals surface area contributed by atoms with Crippen LogP contribution in [0.25, 0.3) is 16.7 Å². The normalized spacial score (nSPS) is 11.2. The first-order chi connectivity index (χ1) is 11.1. The number of fused-ring (bicyclic) bond motifs is 1. The van der Waals surface area contributed by atoms with E-state index in [0.29, 0.717) is 17.0 Å². The van der Waals surface area contributed by atoms with E-state index < -0.39 is 0 Å². The maximum absolute atomic E-state index is 10.3. The summed E-state index contributed by atoms with van der Waals surface area (Å²) in [6.45, 7) is 2.03. The van der Waals surface area contributed by atoms with Crippen LogP contribution < -0.4 is 5.32 Å². The summed E-state index contributed by atoms with van der Waals surface area (Å²) >= 11 is 1.64. The summed E-state index contributed by atoms with van der Waals surface area (Å²) in [6, 6.07) is 3.85. The Labute approximate surface area is 135 Å². The maximum Gasteiger partial charge on any atom is 0.241 e. The van der Waals surface area contributed by atoms with Gasteiger partial charge in [0, 0.05) is 29.7 Å². The molecule has 7 nitrogen and oxygen atoms in total. The highest BCUT2D eigenvalue weighted by Crippen LogP contribution is 2.28. The third-order valence-electron chi connectivity index (χ3n) is 3.47. The molecule has 0 unspecified atom stereocenters. The van der Waals surface area contributed by atoms with Crippen LogP contribution in [0, 0.1) is 6.92 Å². The zero-order valence-electron chi connectivity index (χ0n) is 12.6. The molecule has 8 heteroatoms. The fourth-order valence-electron chi connectivity index (χ4n) is 2.47. The summed E-state index contributed by atoms with van der Waals surface area (Å²) in [5.74, 6) is 0.301. The molecule has 4 heterocycles. The molecule has 0 aliphatic heterocycles. The van der Waals surface area contributed by atoms with E-state index in [1.54, 1.807) is 22.2 Å². The Morgan fingerprint density at radius 2 is 2.17 bits per heavy atom. The summed E-state index contributed by atoms with van der Waals surface area (Å²) in [5, 5.41) is 19.6. The lowest BCUT2D eigenvalue weighted by Gasteiger charge is -2.06. The number of aryl methyl sites for hydroxylation is 2. The van der Waals surface area contributed by atoms with Crippen LogP contribution >= 0.6 is 11.3 Å². The Morgan fingerprint density at radius 1 is 1.30 bits per heavy atom. The van der Waals surface area contributed by atoms with Crippen LogP contribution in [-0.2, 0) is 7.05 Å². The number of thiophene rings is 1. The van der Waals surface area contributed by atoms with E-state index in [2.05, 4.69) is 20.4 Å². The second kappa shape index (κ2) is 5.10. The van der Waals surface area contributed by atoms with Crippen LogP contribution in [-0.4, -0.2) is 29.4 Å². The van der Waals surface area contributed by atoms with Crippen molar-refractivity contribution in [3.63, 3.8) is 0 Å². The smallest absolute Gasteiger partial charge is 0.241 e. The highest BCUT2D eigenvalue weighted by atomic mass is 32.1. The van der Waals surface area contributed by atoms with E-state index in [-0.39, 0.29) is 5.88 Å². The lowest BCUT2D eigenvalue weighted by Crippen LogP contribution is -1.98. The Bertz CT molecular complexity index is 999. The molecule has 0 saturated carbocycles. The van der Waals surface area contributed by atoms with Crippen molar-refractivity contribution in [1.29, 1.82) is 0 Å². The van der Waals surface area contributed by atoms with E-state index in [1.807, 2.05) is 48.4 Å². The number of anilines is 2. The molecule has 0 aliphatic rings. The van der Waals surface area contributed by atoms with Gasteiger partial charge in [-0.05, 0) is 19.1 Å². The van der Waals surface area contributed by atoms with Gasteiger partial charge < -0.3 is 15.0 Å². The lowest BCUT2D eigenvalue weighted by molar-refractivity contribution is 0.458. The maximum atomic E-state index is 10.3. The number of nitrogens with zero attached hydrogens (tertiary/aromatic N) is 5. The summed E-state index contributed by atoms with van der Waals surface area (Å²) in [7, 11) is 1.84. The van der Waals surface area contributed by atoms with Crippen molar-refractivity contribution in [2.24, 2.45) is 7.05 Å². The minimum atomic E-state index is -0.0710. The van der Waals surface area contributed by atoms with Gasteiger partial charge >= 0.3 is 0 Å². The fourth-order valence-corrected chi connectivity index (χ4v) is 3.10. The summed E-state index contributed by atoms with van der Waals surface area (Å²) in [4.78, 5) is 9.82. The molecule has 4 aromatic heterocycles. The standard InChI is InChI=1S/C15H14N6OS/c1-9-5-10(8-23-9)17-15-18-12-3-4-21(13(12)14(22)19-15)11-6-16-20(2)7-11/h3-8H,1-2H3,(H2,17,18,19,22). The van der Waals surface area contributed by atoms with Gasteiger partial charge in [-0.2, -0.15) is 10.1 Å². The molecule has 23 heavy (non-hydrogen) atoms. The predicted molar refractivity (Wildman–Crippen MR) is 89.6 cm³/mol. The van der Waals surface area contributed by atoms with Gasteiger partial charge in [-0.1, -0.05) is 0 Å². The molecule has 0 bridgehead atoms. The Hall–Kier alpha value is -2.87. The number of hydrogen-bond donors (Lipinski definition) is 2. The number of aromatic nitrogens is 5. The molecule has 0 aromatic carbocycles. The largest absolute Gasteiger partial charge is 0.492 e. The second-order valence-electron chi connectivity index (χ2n) is 5.23. The molecule has 4 aromatic rings. The molecule has 0 fully saturated rings. The van der Waals surface area contributed by atoms with E-state index in [1.165, 1.54) is 4.88 Å². The topological polar surface area (TPSA) is 80.8 Å². The van der Waals surface area contributed by atoms with Crippen molar-refractivity contribution < 1.29 is 5.11 Å². The van der Waals surface area contributed by atoms with Crippen molar-refractivity contribution in [1.82, 2.24) is 24.3 Å². The first-order valence-electron chi connectivity index (χ1n) is 6.99. The molecule has 0 amide bonds. The molecule has 0 spiro atoms. The van der Waals surface area contributed by atoms with Crippen LogP contribution in [0.1, 0.15) is 4.88 Å². The van der Waals surface area contributed by atoms with E-state index in [4.69, 9.17) is 0 Å². The monoisotopic (exact) mass is 326 g/mol. The SMILES string of the molecule is Cc1cc(Nc2nc(O)c3c(ccn3-c3cnn(C)c3)n2)cs1. The van der Waals surface area contributed by atoms with E-state index in [0.717, 1.165) is 11.4 Å². The van der Waals surface area contributed by atoms with Crippen LogP contribution in [0.3, 0.4) is 0 Å². The number of aromatic hydroxyl groups is 1. The van der Waals surface area contributed by atoms with Crippen LogP contribution in [0.4, 0.5) is 11.6 Å². The zero-order valence-corrected chi connectivity index (χ0v) is 13.4. The molecule has 116 valence electrons. The Kier molecular flexibility index (Phi) is 3.05. The second-order valence-corrected chi connectivity index (χ2v) is 6.35. The van der Waals surface area contributed by atoms with Gasteiger partial charge in [0.1, 0.15) is 5.52 Å². The third-order valence-corrected chi connectivity index (χ3v) is 4.33. The molecular formula is C15H14N6OS. The van der Waals surface area contributed by atoms with Crippen molar-refractivity contribution >= 4 is 34.0 Å². The molecule has 0 atom stereocenters. The summed E-state index contributed by atoms with van der Waals surface area (Å²) in [6.07, 6.45) is 5.42. The van der Waals surface area contributed by atoms with Gasteiger partial charge in [-0.25, -0.2) is 4.98 Å². The van der Waals surface area contributed by atoms with Crippen molar-refractivity contribution in [2.75, 3.05) is 5.32 Å². The minimum Gasteiger partial charge on any atom is -0.492 e. The minimum absolute atomic E-state index is 0.0710.